The Bertz CT molecular complexity index is 698. The summed E-state index contributed by atoms with van der Waals surface area (Å²) in [6.45, 7) is 3.38. The molecule has 1 fully saturated rings. The molecule has 1 N–H and O–H groups in total. The van der Waals surface area contributed by atoms with Gasteiger partial charge in [0.05, 0.1) is 7.11 Å². The van der Waals surface area contributed by atoms with Crippen molar-refractivity contribution in [3.63, 3.8) is 0 Å². The highest BCUT2D eigenvalue weighted by Crippen LogP contribution is 2.35. The van der Waals surface area contributed by atoms with Gasteiger partial charge in [0.15, 0.2) is 0 Å². The van der Waals surface area contributed by atoms with Crippen LogP contribution in [0.2, 0.25) is 0 Å². The summed E-state index contributed by atoms with van der Waals surface area (Å²) >= 11 is 0. The van der Waals surface area contributed by atoms with Crippen LogP contribution >= 0.6 is 0 Å². The molecular weight excluding hydrogens is 284 g/mol. The Balaban J connectivity index is 1.56. The fourth-order valence-corrected chi connectivity index (χ4v) is 3.93. The maximum absolute atomic E-state index is 5.33. The summed E-state index contributed by atoms with van der Waals surface area (Å²) in [5.74, 6) is 0.935. The van der Waals surface area contributed by atoms with Crippen LogP contribution in [0.25, 0.3) is 0 Å². The van der Waals surface area contributed by atoms with Crippen LogP contribution in [0.1, 0.15) is 23.1 Å². The van der Waals surface area contributed by atoms with Crippen molar-refractivity contribution in [1.29, 1.82) is 0 Å². The Morgan fingerprint density at radius 2 is 2.04 bits per heavy atom. The summed E-state index contributed by atoms with van der Waals surface area (Å²) in [4.78, 5) is 2.60. The molecule has 2 aromatic carbocycles. The van der Waals surface area contributed by atoms with E-state index in [1.165, 1.54) is 35.2 Å². The molecule has 120 valence electrons. The van der Waals surface area contributed by atoms with E-state index >= 15 is 0 Å². The van der Waals surface area contributed by atoms with E-state index in [0.717, 1.165) is 31.8 Å². The SMILES string of the molecule is COc1cccc(Cc2ccc3c(c2)CC2CCNCCN32)c1. The van der Waals surface area contributed by atoms with Gasteiger partial charge in [-0.15, -0.1) is 0 Å². The van der Waals surface area contributed by atoms with Crippen molar-refractivity contribution in [3.05, 3.63) is 59.2 Å². The van der Waals surface area contributed by atoms with Gasteiger partial charge in [-0.25, -0.2) is 0 Å². The molecule has 2 aromatic rings. The number of anilines is 1. The Morgan fingerprint density at radius 1 is 1.13 bits per heavy atom. The third kappa shape index (κ3) is 2.93. The molecule has 0 saturated carbocycles. The summed E-state index contributed by atoms with van der Waals surface area (Å²) in [7, 11) is 1.72. The van der Waals surface area contributed by atoms with Gasteiger partial charge in [0.25, 0.3) is 0 Å². The quantitative estimate of drug-likeness (QED) is 0.943. The van der Waals surface area contributed by atoms with Crippen molar-refractivity contribution in [2.75, 3.05) is 31.6 Å². The monoisotopic (exact) mass is 308 g/mol. The minimum atomic E-state index is 0.687. The van der Waals surface area contributed by atoms with Gasteiger partial charge in [-0.3, -0.25) is 0 Å². The van der Waals surface area contributed by atoms with Gasteiger partial charge in [0.1, 0.15) is 5.75 Å². The minimum Gasteiger partial charge on any atom is -0.497 e. The van der Waals surface area contributed by atoms with Crippen LogP contribution in [0, 0.1) is 0 Å². The summed E-state index contributed by atoms with van der Waals surface area (Å²) in [5, 5.41) is 3.51. The number of nitrogens with one attached hydrogen (secondary N) is 1. The molecule has 1 unspecified atom stereocenters. The van der Waals surface area contributed by atoms with E-state index in [1.54, 1.807) is 7.11 Å². The summed E-state index contributed by atoms with van der Waals surface area (Å²) in [6, 6.07) is 16.1. The van der Waals surface area contributed by atoms with Crippen LogP contribution in [0.3, 0.4) is 0 Å². The summed E-state index contributed by atoms with van der Waals surface area (Å²) < 4.78 is 5.33. The Labute approximate surface area is 138 Å². The second-order valence-electron chi connectivity index (χ2n) is 6.58. The molecule has 0 amide bonds. The molecule has 3 heteroatoms. The molecule has 0 aromatic heterocycles. The molecule has 2 aliphatic rings. The predicted molar refractivity (Wildman–Crippen MR) is 94.6 cm³/mol. The van der Waals surface area contributed by atoms with Gasteiger partial charge in [0, 0.05) is 24.8 Å². The molecule has 23 heavy (non-hydrogen) atoms. The zero-order valence-electron chi connectivity index (χ0n) is 13.7. The highest BCUT2D eigenvalue weighted by Gasteiger charge is 2.29. The predicted octanol–water partition coefficient (Wildman–Crippen LogP) is 3.01. The zero-order valence-corrected chi connectivity index (χ0v) is 13.7. The maximum atomic E-state index is 5.33. The smallest absolute Gasteiger partial charge is 0.119 e. The van der Waals surface area contributed by atoms with Crippen molar-refractivity contribution in [3.8, 4) is 5.75 Å². The average Bonchev–Trinajstić information content (AvgIpc) is 2.75. The lowest BCUT2D eigenvalue weighted by atomic mass is 10.0. The molecule has 0 spiro atoms. The number of ether oxygens (including phenoxy) is 1. The van der Waals surface area contributed by atoms with E-state index in [2.05, 4.69) is 46.6 Å². The van der Waals surface area contributed by atoms with E-state index < -0.39 is 0 Å². The van der Waals surface area contributed by atoms with E-state index in [9.17, 15) is 0 Å². The van der Waals surface area contributed by atoms with Crippen LogP contribution < -0.4 is 15.0 Å². The van der Waals surface area contributed by atoms with Crippen LogP contribution in [0.15, 0.2) is 42.5 Å². The lowest BCUT2D eigenvalue weighted by molar-refractivity contribution is 0.414. The lowest BCUT2D eigenvalue weighted by Gasteiger charge is -2.24. The largest absolute Gasteiger partial charge is 0.497 e. The van der Waals surface area contributed by atoms with Gasteiger partial charge in [-0.05, 0) is 60.7 Å². The molecule has 1 atom stereocenters. The van der Waals surface area contributed by atoms with E-state index in [4.69, 9.17) is 4.74 Å². The number of rotatable bonds is 3. The number of nitrogens with zero attached hydrogens (tertiary/aromatic N) is 1. The number of methoxy groups -OCH3 is 1. The number of benzene rings is 2. The molecule has 0 radical (unpaired) electrons. The topological polar surface area (TPSA) is 24.5 Å². The first-order chi connectivity index (χ1) is 11.3. The van der Waals surface area contributed by atoms with Gasteiger partial charge >= 0.3 is 0 Å². The summed E-state index contributed by atoms with van der Waals surface area (Å²) in [5.41, 5.74) is 5.68. The van der Waals surface area contributed by atoms with Gasteiger partial charge < -0.3 is 15.0 Å². The van der Waals surface area contributed by atoms with Crippen LogP contribution in [-0.2, 0) is 12.8 Å². The molecule has 0 bridgehead atoms. The normalized spacial score (nSPS) is 19.9. The number of fused-ring (bicyclic) bond motifs is 3. The fraction of sp³-hybridized carbons (Fsp3) is 0.400. The number of hydrogen-bond donors (Lipinski definition) is 1. The molecule has 4 rings (SSSR count). The van der Waals surface area contributed by atoms with Crippen LogP contribution in [0.4, 0.5) is 5.69 Å². The zero-order chi connectivity index (χ0) is 15.6. The molecule has 0 aliphatic carbocycles. The number of hydrogen-bond acceptors (Lipinski definition) is 3. The highest BCUT2D eigenvalue weighted by atomic mass is 16.5. The van der Waals surface area contributed by atoms with Crippen molar-refractivity contribution in [2.45, 2.75) is 25.3 Å². The Morgan fingerprint density at radius 3 is 2.96 bits per heavy atom. The molecule has 1 saturated heterocycles. The van der Waals surface area contributed by atoms with Crippen molar-refractivity contribution in [1.82, 2.24) is 5.32 Å². The van der Waals surface area contributed by atoms with Crippen LogP contribution in [0.5, 0.6) is 5.75 Å². The minimum absolute atomic E-state index is 0.687. The van der Waals surface area contributed by atoms with E-state index in [-0.39, 0.29) is 0 Å². The van der Waals surface area contributed by atoms with Crippen molar-refractivity contribution in [2.24, 2.45) is 0 Å². The van der Waals surface area contributed by atoms with Crippen LogP contribution in [-0.4, -0.2) is 32.8 Å². The first kappa shape index (κ1) is 14.6. The lowest BCUT2D eigenvalue weighted by Crippen LogP contribution is -2.32. The van der Waals surface area contributed by atoms with Gasteiger partial charge in [-0.1, -0.05) is 24.3 Å². The van der Waals surface area contributed by atoms with E-state index in [1.807, 2.05) is 6.07 Å². The summed E-state index contributed by atoms with van der Waals surface area (Å²) in [6.07, 6.45) is 3.42. The third-order valence-electron chi connectivity index (χ3n) is 5.08. The van der Waals surface area contributed by atoms with Crippen molar-refractivity contribution >= 4 is 5.69 Å². The first-order valence-electron chi connectivity index (χ1n) is 8.55. The average molecular weight is 308 g/mol. The Hall–Kier alpha value is -2.00. The molecule has 2 heterocycles. The van der Waals surface area contributed by atoms with Gasteiger partial charge in [0.2, 0.25) is 0 Å². The molecule has 2 aliphatic heterocycles. The van der Waals surface area contributed by atoms with Gasteiger partial charge in [-0.2, -0.15) is 0 Å². The second-order valence-corrected chi connectivity index (χ2v) is 6.58. The highest BCUT2D eigenvalue weighted by molar-refractivity contribution is 5.61. The third-order valence-corrected chi connectivity index (χ3v) is 5.08. The standard InChI is InChI=1S/C20H24N2O/c1-23-19-4-2-3-15(13-19)11-16-5-6-20-17(12-16)14-18-7-8-21-9-10-22(18)20/h2-6,12-13,18,21H,7-11,14H2,1H3. The molecular formula is C20H24N2O. The second kappa shape index (κ2) is 6.25. The molecule has 3 nitrogen and oxygen atoms in total. The van der Waals surface area contributed by atoms with E-state index in [0.29, 0.717) is 6.04 Å². The maximum Gasteiger partial charge on any atom is 0.119 e. The fourth-order valence-electron chi connectivity index (χ4n) is 3.93. The van der Waals surface area contributed by atoms with Crippen molar-refractivity contribution < 1.29 is 4.74 Å². The first-order valence-corrected chi connectivity index (χ1v) is 8.55. The Kier molecular flexibility index (Phi) is 3.96.